The smallest absolute Gasteiger partial charge is 0.286 e. The van der Waals surface area contributed by atoms with Crippen molar-refractivity contribution in [3.05, 3.63) is 27.7 Å². The summed E-state index contributed by atoms with van der Waals surface area (Å²) >= 11 is 4.35. The van der Waals surface area contributed by atoms with Crippen LogP contribution >= 0.6 is 27.3 Å². The van der Waals surface area contributed by atoms with Gasteiger partial charge in [-0.2, -0.15) is 0 Å². The molecule has 0 saturated carbocycles. The van der Waals surface area contributed by atoms with E-state index in [1.54, 1.807) is 12.1 Å². The first kappa shape index (κ1) is 12.8. The maximum absolute atomic E-state index is 11.9. The van der Waals surface area contributed by atoms with Crippen molar-refractivity contribution in [1.29, 1.82) is 0 Å². The molecule has 2 rings (SSSR count). The van der Waals surface area contributed by atoms with E-state index in [0.29, 0.717) is 11.4 Å². The number of nitrogens with two attached hydrogens (primary N) is 1. The van der Waals surface area contributed by atoms with Gasteiger partial charge in [-0.1, -0.05) is 27.3 Å². The SMILES string of the molecule is COc1ccc(Br)cc1NC(=O)c1nnc(N)s1. The van der Waals surface area contributed by atoms with E-state index >= 15 is 0 Å². The Labute approximate surface area is 115 Å². The van der Waals surface area contributed by atoms with Crippen molar-refractivity contribution in [3.63, 3.8) is 0 Å². The van der Waals surface area contributed by atoms with E-state index in [1.807, 2.05) is 6.07 Å². The number of nitrogen functional groups attached to an aromatic ring is 1. The second-order valence-corrected chi connectivity index (χ2v) is 5.17. The van der Waals surface area contributed by atoms with Crippen LogP contribution in [-0.2, 0) is 0 Å². The van der Waals surface area contributed by atoms with Crippen LogP contribution in [0.5, 0.6) is 5.75 Å². The highest BCUT2D eigenvalue weighted by Gasteiger charge is 2.14. The minimum absolute atomic E-state index is 0.203. The average Bonchev–Trinajstić information content (AvgIpc) is 2.76. The molecule has 1 aromatic carbocycles. The minimum Gasteiger partial charge on any atom is -0.495 e. The quantitative estimate of drug-likeness (QED) is 0.900. The summed E-state index contributed by atoms with van der Waals surface area (Å²) in [4.78, 5) is 11.9. The number of ether oxygens (including phenoxy) is 1. The van der Waals surface area contributed by atoms with Gasteiger partial charge in [0, 0.05) is 4.47 Å². The topological polar surface area (TPSA) is 90.1 Å². The van der Waals surface area contributed by atoms with Gasteiger partial charge in [-0.3, -0.25) is 4.79 Å². The van der Waals surface area contributed by atoms with Gasteiger partial charge in [0.2, 0.25) is 10.1 Å². The number of nitrogens with one attached hydrogen (secondary N) is 1. The predicted molar refractivity (Wildman–Crippen MR) is 73.0 cm³/mol. The lowest BCUT2D eigenvalue weighted by molar-refractivity contribution is 0.102. The fraction of sp³-hybridized carbons (Fsp3) is 0.100. The molecular weight excluding hydrogens is 320 g/mol. The van der Waals surface area contributed by atoms with Crippen LogP contribution in [0.25, 0.3) is 0 Å². The van der Waals surface area contributed by atoms with E-state index in [0.717, 1.165) is 15.8 Å². The molecule has 0 bridgehead atoms. The number of halogens is 1. The fourth-order valence-electron chi connectivity index (χ4n) is 1.28. The third-order valence-electron chi connectivity index (χ3n) is 2.04. The number of aromatic nitrogens is 2. The first-order valence-corrected chi connectivity index (χ1v) is 6.45. The third-order valence-corrected chi connectivity index (χ3v) is 3.29. The largest absolute Gasteiger partial charge is 0.495 e. The Hall–Kier alpha value is -1.67. The molecule has 0 unspecified atom stereocenters. The van der Waals surface area contributed by atoms with Gasteiger partial charge in [0.15, 0.2) is 0 Å². The maximum atomic E-state index is 11.9. The van der Waals surface area contributed by atoms with Crippen LogP contribution in [0, 0.1) is 0 Å². The first-order valence-electron chi connectivity index (χ1n) is 4.84. The van der Waals surface area contributed by atoms with E-state index in [4.69, 9.17) is 10.5 Å². The molecule has 1 aromatic heterocycles. The molecule has 6 nitrogen and oxygen atoms in total. The first-order chi connectivity index (χ1) is 8.60. The fourth-order valence-corrected chi connectivity index (χ4v) is 2.15. The molecule has 0 aliphatic carbocycles. The van der Waals surface area contributed by atoms with Gasteiger partial charge in [-0.25, -0.2) is 0 Å². The van der Waals surface area contributed by atoms with E-state index in [1.165, 1.54) is 7.11 Å². The van der Waals surface area contributed by atoms with Crippen molar-refractivity contribution in [1.82, 2.24) is 10.2 Å². The Bertz CT molecular complexity index is 587. The summed E-state index contributed by atoms with van der Waals surface area (Å²) in [5.74, 6) is 0.185. The number of methoxy groups -OCH3 is 1. The molecule has 18 heavy (non-hydrogen) atoms. The molecule has 0 radical (unpaired) electrons. The van der Waals surface area contributed by atoms with Gasteiger partial charge in [0.1, 0.15) is 5.75 Å². The zero-order valence-electron chi connectivity index (χ0n) is 9.31. The van der Waals surface area contributed by atoms with Crippen LogP contribution in [0.4, 0.5) is 10.8 Å². The van der Waals surface area contributed by atoms with Crippen LogP contribution in [-0.4, -0.2) is 23.2 Å². The van der Waals surface area contributed by atoms with Crippen molar-refractivity contribution in [3.8, 4) is 5.75 Å². The number of benzene rings is 1. The lowest BCUT2D eigenvalue weighted by atomic mass is 10.3. The molecule has 0 spiro atoms. The van der Waals surface area contributed by atoms with Crippen LogP contribution in [0.3, 0.4) is 0 Å². The molecule has 0 saturated heterocycles. The van der Waals surface area contributed by atoms with Gasteiger partial charge in [-0.05, 0) is 18.2 Å². The summed E-state index contributed by atoms with van der Waals surface area (Å²) in [6.07, 6.45) is 0. The number of hydrogen-bond donors (Lipinski definition) is 2. The van der Waals surface area contributed by atoms with Crippen molar-refractivity contribution < 1.29 is 9.53 Å². The summed E-state index contributed by atoms with van der Waals surface area (Å²) in [6, 6.07) is 5.30. The summed E-state index contributed by atoms with van der Waals surface area (Å²) < 4.78 is 5.98. The standard InChI is InChI=1S/C10H9BrN4O2S/c1-17-7-3-2-5(11)4-6(7)13-8(16)9-14-15-10(12)18-9/h2-4H,1H3,(H2,12,15)(H,13,16). The summed E-state index contributed by atoms with van der Waals surface area (Å²) in [5, 5.41) is 10.4. The lowest BCUT2D eigenvalue weighted by Crippen LogP contribution is -2.12. The van der Waals surface area contributed by atoms with Gasteiger partial charge in [0.25, 0.3) is 5.91 Å². The van der Waals surface area contributed by atoms with Gasteiger partial charge in [-0.15, -0.1) is 10.2 Å². The van der Waals surface area contributed by atoms with Crippen molar-refractivity contribution in [2.75, 3.05) is 18.2 Å². The Kier molecular flexibility index (Phi) is 3.78. The second kappa shape index (κ2) is 5.32. The predicted octanol–water partition coefficient (Wildman–Crippen LogP) is 2.14. The number of amides is 1. The maximum Gasteiger partial charge on any atom is 0.286 e. The van der Waals surface area contributed by atoms with Crippen molar-refractivity contribution in [2.24, 2.45) is 0 Å². The van der Waals surface area contributed by atoms with E-state index < -0.39 is 0 Å². The Morgan fingerprint density at radius 3 is 2.89 bits per heavy atom. The molecule has 0 aliphatic rings. The molecule has 1 amide bonds. The van der Waals surface area contributed by atoms with Crippen molar-refractivity contribution >= 4 is 44.0 Å². The van der Waals surface area contributed by atoms with Crippen LogP contribution < -0.4 is 15.8 Å². The van der Waals surface area contributed by atoms with Crippen molar-refractivity contribution in [2.45, 2.75) is 0 Å². The number of rotatable bonds is 3. The number of hydrogen-bond acceptors (Lipinski definition) is 6. The normalized spacial score (nSPS) is 10.1. The molecule has 94 valence electrons. The zero-order chi connectivity index (χ0) is 13.1. The number of nitrogens with zero attached hydrogens (tertiary/aromatic N) is 2. The molecule has 0 fully saturated rings. The number of anilines is 2. The highest BCUT2D eigenvalue weighted by Crippen LogP contribution is 2.28. The van der Waals surface area contributed by atoms with Crippen LogP contribution in [0.1, 0.15) is 9.80 Å². The number of carbonyl (C=O) groups is 1. The average molecular weight is 329 g/mol. The number of carbonyl (C=O) groups excluding carboxylic acids is 1. The van der Waals surface area contributed by atoms with Gasteiger partial charge in [0.05, 0.1) is 12.8 Å². The van der Waals surface area contributed by atoms with E-state index in [9.17, 15) is 4.79 Å². The molecule has 2 aromatic rings. The van der Waals surface area contributed by atoms with E-state index in [2.05, 4.69) is 31.4 Å². The summed E-state index contributed by atoms with van der Waals surface area (Å²) in [6.45, 7) is 0. The highest BCUT2D eigenvalue weighted by atomic mass is 79.9. The van der Waals surface area contributed by atoms with Crippen LogP contribution in [0.15, 0.2) is 22.7 Å². The third kappa shape index (κ3) is 2.77. The molecule has 1 heterocycles. The van der Waals surface area contributed by atoms with Gasteiger partial charge >= 0.3 is 0 Å². The Morgan fingerprint density at radius 1 is 1.50 bits per heavy atom. The Morgan fingerprint density at radius 2 is 2.28 bits per heavy atom. The second-order valence-electron chi connectivity index (χ2n) is 3.24. The Balaban J connectivity index is 2.23. The highest BCUT2D eigenvalue weighted by molar-refractivity contribution is 9.10. The summed E-state index contributed by atoms with van der Waals surface area (Å²) in [7, 11) is 1.53. The van der Waals surface area contributed by atoms with E-state index in [-0.39, 0.29) is 16.0 Å². The molecule has 8 heteroatoms. The molecule has 0 atom stereocenters. The molecule has 0 aliphatic heterocycles. The van der Waals surface area contributed by atoms with Gasteiger partial charge < -0.3 is 15.8 Å². The zero-order valence-corrected chi connectivity index (χ0v) is 11.7. The molecule has 3 N–H and O–H groups in total. The van der Waals surface area contributed by atoms with Crippen LogP contribution in [0.2, 0.25) is 0 Å². The monoisotopic (exact) mass is 328 g/mol. The minimum atomic E-state index is -0.374. The lowest BCUT2D eigenvalue weighted by Gasteiger charge is -2.09. The molecular formula is C10H9BrN4O2S. The summed E-state index contributed by atoms with van der Waals surface area (Å²) in [5.41, 5.74) is 5.97.